The maximum Gasteiger partial charge on any atom is 0.139 e. The lowest BCUT2D eigenvalue weighted by molar-refractivity contribution is -0.119. The Labute approximate surface area is 134 Å². The number of carbonyl (C=O) groups is 1. The quantitative estimate of drug-likeness (QED) is 0.773. The summed E-state index contributed by atoms with van der Waals surface area (Å²) in [7, 11) is 0. The zero-order valence-corrected chi connectivity index (χ0v) is 14.7. The Kier molecular flexibility index (Phi) is 6.15. The SMILES string of the molecule is CCc1nn(CC)c(CC(=O)CC2CCSCC2)c1Br. The topological polar surface area (TPSA) is 34.9 Å². The second-order valence-electron chi connectivity index (χ2n) is 5.35. The minimum Gasteiger partial charge on any atom is -0.299 e. The molecule has 0 unspecified atom stereocenters. The molecular weight excluding hydrogens is 336 g/mol. The number of aromatic nitrogens is 2. The van der Waals surface area contributed by atoms with Crippen LogP contribution in [-0.4, -0.2) is 27.1 Å². The van der Waals surface area contributed by atoms with Crippen LogP contribution in [0.3, 0.4) is 0 Å². The minimum absolute atomic E-state index is 0.361. The van der Waals surface area contributed by atoms with Crippen LogP contribution in [-0.2, 0) is 24.2 Å². The number of aryl methyl sites for hydroxylation is 2. The van der Waals surface area contributed by atoms with Gasteiger partial charge in [0.2, 0.25) is 0 Å². The highest BCUT2D eigenvalue weighted by molar-refractivity contribution is 9.10. The second-order valence-corrected chi connectivity index (χ2v) is 7.37. The summed E-state index contributed by atoms with van der Waals surface area (Å²) in [6.45, 7) is 4.99. The molecule has 0 saturated carbocycles. The molecule has 112 valence electrons. The average Bonchev–Trinajstić information content (AvgIpc) is 2.76. The molecule has 2 rings (SSSR count). The fourth-order valence-corrected chi connectivity index (χ4v) is 4.63. The predicted octanol–water partition coefficient (Wildman–Crippen LogP) is 3.87. The number of rotatable bonds is 6. The van der Waals surface area contributed by atoms with Gasteiger partial charge in [0.1, 0.15) is 5.78 Å². The first-order valence-corrected chi connectivity index (χ1v) is 9.43. The van der Waals surface area contributed by atoms with E-state index in [9.17, 15) is 4.79 Å². The van der Waals surface area contributed by atoms with Crippen LogP contribution in [0.15, 0.2) is 4.47 Å². The van der Waals surface area contributed by atoms with Gasteiger partial charge < -0.3 is 0 Å². The third-order valence-corrected chi connectivity index (χ3v) is 5.88. The molecule has 1 aliphatic rings. The number of ketones is 1. The highest BCUT2D eigenvalue weighted by Crippen LogP contribution is 2.27. The van der Waals surface area contributed by atoms with Gasteiger partial charge in [-0.2, -0.15) is 16.9 Å². The molecule has 3 nitrogen and oxygen atoms in total. The van der Waals surface area contributed by atoms with Gasteiger partial charge in [-0.15, -0.1) is 0 Å². The number of hydrogen-bond acceptors (Lipinski definition) is 3. The Balaban J connectivity index is 2.01. The molecule has 0 aliphatic carbocycles. The Morgan fingerprint density at radius 2 is 2.10 bits per heavy atom. The summed E-state index contributed by atoms with van der Waals surface area (Å²) in [6, 6.07) is 0. The Morgan fingerprint density at radius 3 is 2.70 bits per heavy atom. The van der Waals surface area contributed by atoms with Crippen molar-refractivity contribution in [3.63, 3.8) is 0 Å². The van der Waals surface area contributed by atoms with Crippen LogP contribution in [0.1, 0.15) is 44.5 Å². The third-order valence-electron chi connectivity index (χ3n) is 3.92. The molecule has 1 aromatic heterocycles. The van der Waals surface area contributed by atoms with E-state index in [2.05, 4.69) is 34.9 Å². The van der Waals surface area contributed by atoms with Crippen LogP contribution < -0.4 is 0 Å². The lowest BCUT2D eigenvalue weighted by Crippen LogP contribution is -2.17. The van der Waals surface area contributed by atoms with E-state index in [-0.39, 0.29) is 0 Å². The van der Waals surface area contributed by atoms with Crippen molar-refractivity contribution in [2.24, 2.45) is 5.92 Å². The van der Waals surface area contributed by atoms with Crippen molar-refractivity contribution in [1.82, 2.24) is 9.78 Å². The first kappa shape index (κ1) is 16.1. The van der Waals surface area contributed by atoms with Crippen LogP contribution >= 0.6 is 27.7 Å². The predicted molar refractivity (Wildman–Crippen MR) is 88.4 cm³/mol. The monoisotopic (exact) mass is 358 g/mol. The Hall–Kier alpha value is -0.290. The molecule has 0 spiro atoms. The summed E-state index contributed by atoms with van der Waals surface area (Å²) in [5.41, 5.74) is 2.11. The molecule has 0 amide bonds. The molecule has 1 aromatic rings. The van der Waals surface area contributed by atoms with Gasteiger partial charge >= 0.3 is 0 Å². The highest BCUT2D eigenvalue weighted by Gasteiger charge is 2.21. The number of halogens is 1. The van der Waals surface area contributed by atoms with Gasteiger partial charge in [-0.05, 0) is 59.5 Å². The molecule has 0 aromatic carbocycles. The van der Waals surface area contributed by atoms with E-state index < -0.39 is 0 Å². The zero-order chi connectivity index (χ0) is 14.5. The summed E-state index contributed by atoms with van der Waals surface area (Å²) in [6.07, 6.45) is 4.55. The first-order chi connectivity index (χ1) is 9.65. The van der Waals surface area contributed by atoms with Crippen molar-refractivity contribution in [3.05, 3.63) is 15.9 Å². The maximum absolute atomic E-state index is 12.3. The van der Waals surface area contributed by atoms with Gasteiger partial charge in [0.05, 0.1) is 15.9 Å². The van der Waals surface area contributed by atoms with Crippen molar-refractivity contribution in [2.75, 3.05) is 11.5 Å². The molecule has 1 fully saturated rings. The van der Waals surface area contributed by atoms with Gasteiger partial charge in [0, 0.05) is 19.4 Å². The van der Waals surface area contributed by atoms with E-state index in [0.29, 0.717) is 18.1 Å². The summed E-state index contributed by atoms with van der Waals surface area (Å²) < 4.78 is 3.01. The third kappa shape index (κ3) is 3.88. The largest absolute Gasteiger partial charge is 0.299 e. The molecule has 20 heavy (non-hydrogen) atoms. The Bertz CT molecular complexity index is 467. The molecule has 0 bridgehead atoms. The number of carbonyl (C=O) groups excluding carboxylic acids is 1. The molecular formula is C15H23BrN2OS. The van der Waals surface area contributed by atoms with Crippen LogP contribution in [0.25, 0.3) is 0 Å². The van der Waals surface area contributed by atoms with E-state index in [4.69, 9.17) is 0 Å². The fraction of sp³-hybridized carbons (Fsp3) is 0.733. The summed E-state index contributed by atoms with van der Waals surface area (Å²) >= 11 is 5.63. The fourth-order valence-electron chi connectivity index (χ4n) is 2.72. The minimum atomic E-state index is 0.361. The standard InChI is InChI=1S/C15H23BrN2OS/c1-3-13-15(16)14(18(4-2)17-13)10-12(19)9-11-5-7-20-8-6-11/h11H,3-10H2,1-2H3. The van der Waals surface area contributed by atoms with Crippen molar-refractivity contribution in [3.8, 4) is 0 Å². The second kappa shape index (κ2) is 7.64. The summed E-state index contributed by atoms with van der Waals surface area (Å²) in [4.78, 5) is 12.3. The molecule has 0 N–H and O–H groups in total. The van der Waals surface area contributed by atoms with E-state index in [1.807, 2.05) is 16.4 Å². The zero-order valence-electron chi connectivity index (χ0n) is 12.3. The van der Waals surface area contributed by atoms with Gasteiger partial charge in [-0.1, -0.05) is 6.92 Å². The number of thioether (sulfide) groups is 1. The van der Waals surface area contributed by atoms with E-state index >= 15 is 0 Å². The Morgan fingerprint density at radius 1 is 1.40 bits per heavy atom. The van der Waals surface area contributed by atoms with Crippen molar-refractivity contribution in [1.29, 1.82) is 0 Å². The van der Waals surface area contributed by atoms with E-state index in [0.717, 1.165) is 35.2 Å². The van der Waals surface area contributed by atoms with Gasteiger partial charge in [0.15, 0.2) is 0 Å². The van der Waals surface area contributed by atoms with Crippen LogP contribution in [0.5, 0.6) is 0 Å². The molecule has 5 heteroatoms. The van der Waals surface area contributed by atoms with Crippen LogP contribution in [0.2, 0.25) is 0 Å². The first-order valence-electron chi connectivity index (χ1n) is 7.49. The number of nitrogens with zero attached hydrogens (tertiary/aromatic N) is 2. The maximum atomic E-state index is 12.3. The lowest BCUT2D eigenvalue weighted by atomic mass is 9.95. The number of hydrogen-bond donors (Lipinski definition) is 0. The van der Waals surface area contributed by atoms with Crippen LogP contribution in [0.4, 0.5) is 0 Å². The molecule has 0 atom stereocenters. The van der Waals surface area contributed by atoms with Gasteiger partial charge in [-0.3, -0.25) is 9.48 Å². The average molecular weight is 359 g/mol. The van der Waals surface area contributed by atoms with Crippen molar-refractivity contribution in [2.45, 2.75) is 52.5 Å². The van der Waals surface area contributed by atoms with Crippen LogP contribution in [0, 0.1) is 5.92 Å². The van der Waals surface area contributed by atoms with Gasteiger partial charge in [-0.25, -0.2) is 0 Å². The number of Topliss-reactive ketones (excluding diaryl/α,β-unsaturated/α-hetero) is 1. The molecule has 0 radical (unpaired) electrons. The molecule has 1 saturated heterocycles. The summed E-state index contributed by atoms with van der Waals surface area (Å²) in [5.74, 6) is 3.40. The smallest absolute Gasteiger partial charge is 0.139 e. The highest BCUT2D eigenvalue weighted by atomic mass is 79.9. The van der Waals surface area contributed by atoms with Crippen molar-refractivity contribution >= 4 is 33.5 Å². The molecule has 1 aliphatic heterocycles. The van der Waals surface area contributed by atoms with Gasteiger partial charge in [0.25, 0.3) is 0 Å². The normalized spacial score (nSPS) is 16.6. The molecule has 2 heterocycles. The van der Waals surface area contributed by atoms with E-state index in [1.165, 1.54) is 24.3 Å². The van der Waals surface area contributed by atoms with Crippen molar-refractivity contribution < 1.29 is 4.79 Å². The summed E-state index contributed by atoms with van der Waals surface area (Å²) in [5, 5.41) is 4.56. The van der Waals surface area contributed by atoms with E-state index in [1.54, 1.807) is 0 Å². The lowest BCUT2D eigenvalue weighted by Gasteiger charge is -2.20.